The highest BCUT2D eigenvalue weighted by Gasteiger charge is 2.11. The van der Waals surface area contributed by atoms with E-state index in [1.165, 1.54) is 12.8 Å². The van der Waals surface area contributed by atoms with E-state index in [0.717, 1.165) is 18.4 Å². The second-order valence-electron chi connectivity index (χ2n) is 4.77. The summed E-state index contributed by atoms with van der Waals surface area (Å²) < 4.78 is 0. The Labute approximate surface area is 115 Å². The maximum absolute atomic E-state index is 11.2. The highest BCUT2D eigenvalue weighted by molar-refractivity contribution is 5.79. The summed E-state index contributed by atoms with van der Waals surface area (Å²) in [6, 6.07) is 9.79. The van der Waals surface area contributed by atoms with E-state index in [9.17, 15) is 4.79 Å². The van der Waals surface area contributed by atoms with Crippen LogP contribution in [-0.2, 0) is 9.63 Å². The molecule has 0 aromatic heterocycles. The molecule has 0 aliphatic rings. The van der Waals surface area contributed by atoms with Crippen LogP contribution in [0.4, 0.5) is 0 Å². The van der Waals surface area contributed by atoms with Gasteiger partial charge in [-0.3, -0.25) is 4.79 Å². The van der Waals surface area contributed by atoms with Crippen LogP contribution in [0, 0.1) is 0 Å². The average molecular weight is 261 g/mol. The first-order chi connectivity index (χ1) is 9.22. The molecule has 0 spiro atoms. The molecule has 3 heteroatoms. The van der Waals surface area contributed by atoms with Crippen LogP contribution in [0.2, 0.25) is 0 Å². The van der Waals surface area contributed by atoms with Gasteiger partial charge in [0.2, 0.25) is 0 Å². The molecule has 0 bridgehead atoms. The number of rotatable bonds is 9. The lowest BCUT2D eigenvalue weighted by Crippen LogP contribution is -2.14. The topological polar surface area (TPSA) is 38.7 Å². The average Bonchev–Trinajstić information content (AvgIpc) is 2.39. The van der Waals surface area contributed by atoms with Crippen molar-refractivity contribution in [1.82, 2.24) is 0 Å². The van der Waals surface area contributed by atoms with Crippen LogP contribution in [0.1, 0.15) is 51.5 Å². The van der Waals surface area contributed by atoms with Crippen molar-refractivity contribution < 1.29 is 9.63 Å². The quantitative estimate of drug-likeness (QED) is 0.383. The maximum atomic E-state index is 11.2. The van der Waals surface area contributed by atoms with Crippen molar-refractivity contribution in [1.29, 1.82) is 0 Å². The van der Waals surface area contributed by atoms with E-state index in [4.69, 9.17) is 4.84 Å². The summed E-state index contributed by atoms with van der Waals surface area (Å²) in [7, 11) is 0. The van der Waals surface area contributed by atoms with E-state index in [2.05, 4.69) is 12.1 Å². The summed E-state index contributed by atoms with van der Waals surface area (Å²) in [5.41, 5.74) is 0.998. The van der Waals surface area contributed by atoms with Gasteiger partial charge in [-0.2, -0.15) is 0 Å². The molecule has 0 amide bonds. The number of carbonyl (C=O) groups is 1. The lowest BCUT2D eigenvalue weighted by atomic mass is 10.1. The number of Topliss-reactive ketones (excluding diaryl/α,β-unsaturated/α-hetero) is 1. The molecule has 0 heterocycles. The number of oxime groups is 1. The predicted molar refractivity (Wildman–Crippen MR) is 78.3 cm³/mol. The number of hydrogen-bond acceptors (Lipinski definition) is 3. The smallest absolute Gasteiger partial charge is 0.134 e. The molecule has 0 radical (unpaired) electrons. The minimum absolute atomic E-state index is 0.0935. The molecule has 1 rings (SSSR count). The number of nitrogens with zero attached hydrogens (tertiary/aromatic N) is 1. The third-order valence-corrected chi connectivity index (χ3v) is 2.86. The molecule has 0 saturated heterocycles. The second kappa shape index (κ2) is 9.31. The SMILES string of the molecule is CCCCCC(CC(C)=O)O/N=C/c1ccccc1. The first-order valence-electron chi connectivity index (χ1n) is 6.96. The zero-order chi connectivity index (χ0) is 13.9. The molecule has 1 atom stereocenters. The van der Waals surface area contributed by atoms with Crippen LogP contribution in [-0.4, -0.2) is 18.1 Å². The van der Waals surface area contributed by atoms with Crippen molar-refractivity contribution in [3.8, 4) is 0 Å². The van der Waals surface area contributed by atoms with E-state index in [1.807, 2.05) is 30.3 Å². The van der Waals surface area contributed by atoms with Crippen LogP contribution >= 0.6 is 0 Å². The number of ketones is 1. The Hall–Kier alpha value is -1.64. The van der Waals surface area contributed by atoms with Crippen LogP contribution in [0.5, 0.6) is 0 Å². The van der Waals surface area contributed by atoms with E-state index in [0.29, 0.717) is 6.42 Å². The molecule has 0 aliphatic carbocycles. The Bertz CT molecular complexity index is 387. The third-order valence-electron chi connectivity index (χ3n) is 2.86. The molecule has 1 aromatic rings. The minimum atomic E-state index is -0.0935. The van der Waals surface area contributed by atoms with Gasteiger partial charge in [-0.1, -0.05) is 55.3 Å². The molecule has 0 fully saturated rings. The number of unbranched alkanes of at least 4 members (excludes halogenated alkanes) is 2. The Morgan fingerprint density at radius 1 is 1.32 bits per heavy atom. The zero-order valence-electron chi connectivity index (χ0n) is 11.8. The van der Waals surface area contributed by atoms with Gasteiger partial charge in [-0.15, -0.1) is 0 Å². The molecule has 0 N–H and O–H groups in total. The Balaban J connectivity index is 2.42. The maximum Gasteiger partial charge on any atom is 0.134 e. The number of hydrogen-bond donors (Lipinski definition) is 0. The summed E-state index contributed by atoms with van der Waals surface area (Å²) in [6.07, 6.45) is 6.33. The van der Waals surface area contributed by atoms with Crippen LogP contribution < -0.4 is 0 Å². The van der Waals surface area contributed by atoms with Gasteiger partial charge in [0.25, 0.3) is 0 Å². The van der Waals surface area contributed by atoms with E-state index >= 15 is 0 Å². The fourth-order valence-electron chi connectivity index (χ4n) is 1.85. The van der Waals surface area contributed by atoms with Gasteiger partial charge in [0, 0.05) is 6.42 Å². The normalized spacial score (nSPS) is 12.5. The van der Waals surface area contributed by atoms with Crippen LogP contribution in [0.3, 0.4) is 0 Å². The van der Waals surface area contributed by atoms with Gasteiger partial charge >= 0.3 is 0 Å². The van der Waals surface area contributed by atoms with Crippen LogP contribution in [0.25, 0.3) is 0 Å². The van der Waals surface area contributed by atoms with Gasteiger partial charge in [-0.05, 0) is 25.3 Å². The van der Waals surface area contributed by atoms with Gasteiger partial charge in [-0.25, -0.2) is 0 Å². The fraction of sp³-hybridized carbons (Fsp3) is 0.500. The highest BCUT2D eigenvalue weighted by Crippen LogP contribution is 2.11. The molecular formula is C16H23NO2. The van der Waals surface area contributed by atoms with Gasteiger partial charge < -0.3 is 4.84 Å². The van der Waals surface area contributed by atoms with E-state index < -0.39 is 0 Å². The summed E-state index contributed by atoms with van der Waals surface area (Å²) in [4.78, 5) is 16.6. The molecule has 0 aliphatic heterocycles. The standard InChI is InChI=1S/C16H23NO2/c1-3-4-6-11-16(12-14(2)18)19-17-13-15-9-7-5-8-10-15/h5,7-10,13,16H,3-4,6,11-12H2,1-2H3/b17-13+. The number of carbonyl (C=O) groups excluding carboxylic acids is 1. The lowest BCUT2D eigenvalue weighted by Gasteiger charge is -2.12. The van der Waals surface area contributed by atoms with Gasteiger partial charge in [0.15, 0.2) is 0 Å². The van der Waals surface area contributed by atoms with Gasteiger partial charge in [0.1, 0.15) is 11.9 Å². The molecule has 0 saturated carbocycles. The van der Waals surface area contributed by atoms with E-state index in [1.54, 1.807) is 13.1 Å². The third kappa shape index (κ3) is 7.39. The highest BCUT2D eigenvalue weighted by atomic mass is 16.6. The minimum Gasteiger partial charge on any atom is -0.392 e. The number of benzene rings is 1. The molecule has 1 aromatic carbocycles. The summed E-state index contributed by atoms with van der Waals surface area (Å²) in [5.74, 6) is 0.149. The first kappa shape index (κ1) is 15.4. The lowest BCUT2D eigenvalue weighted by molar-refractivity contribution is -0.120. The van der Waals surface area contributed by atoms with Crippen molar-refractivity contribution in [2.75, 3.05) is 0 Å². The first-order valence-corrected chi connectivity index (χ1v) is 6.96. The summed E-state index contributed by atoms with van der Waals surface area (Å²) in [6.45, 7) is 3.76. The Morgan fingerprint density at radius 3 is 2.68 bits per heavy atom. The largest absolute Gasteiger partial charge is 0.392 e. The molecule has 19 heavy (non-hydrogen) atoms. The van der Waals surface area contributed by atoms with Crippen molar-refractivity contribution in [3.05, 3.63) is 35.9 Å². The van der Waals surface area contributed by atoms with Crippen molar-refractivity contribution in [3.63, 3.8) is 0 Å². The predicted octanol–water partition coefficient (Wildman–Crippen LogP) is 3.97. The van der Waals surface area contributed by atoms with Crippen LogP contribution in [0.15, 0.2) is 35.5 Å². The molecule has 3 nitrogen and oxygen atoms in total. The van der Waals surface area contributed by atoms with Crippen molar-refractivity contribution in [2.45, 2.75) is 52.1 Å². The molecule has 1 unspecified atom stereocenters. The Kier molecular flexibility index (Phi) is 7.56. The Morgan fingerprint density at radius 2 is 2.05 bits per heavy atom. The van der Waals surface area contributed by atoms with Crippen molar-refractivity contribution >= 4 is 12.0 Å². The van der Waals surface area contributed by atoms with Gasteiger partial charge in [0.05, 0.1) is 6.21 Å². The molecular weight excluding hydrogens is 238 g/mol. The monoisotopic (exact) mass is 261 g/mol. The van der Waals surface area contributed by atoms with Crippen molar-refractivity contribution in [2.24, 2.45) is 5.16 Å². The zero-order valence-corrected chi connectivity index (χ0v) is 11.8. The fourth-order valence-corrected chi connectivity index (χ4v) is 1.85. The summed E-state index contributed by atoms with van der Waals surface area (Å²) in [5, 5.41) is 4.00. The van der Waals surface area contributed by atoms with E-state index in [-0.39, 0.29) is 11.9 Å². The molecule has 104 valence electrons. The second-order valence-corrected chi connectivity index (χ2v) is 4.77. The summed E-state index contributed by atoms with van der Waals surface area (Å²) >= 11 is 0.